The first kappa shape index (κ1) is 9.57. The number of amides is 2. The highest BCUT2D eigenvalue weighted by atomic mass is 16.4. The molecule has 3 N–H and O–H groups in total. The van der Waals surface area contributed by atoms with E-state index >= 15 is 0 Å². The van der Waals surface area contributed by atoms with Gasteiger partial charge in [0.05, 0.1) is 11.6 Å². The highest BCUT2D eigenvalue weighted by Crippen LogP contribution is 2.14. The van der Waals surface area contributed by atoms with Crippen LogP contribution < -0.4 is 10.6 Å². The first-order chi connectivity index (χ1) is 6.06. The second-order valence-corrected chi connectivity index (χ2v) is 2.87. The maximum atomic E-state index is 11.0. The molecule has 13 heavy (non-hydrogen) atoms. The molecule has 0 aromatic heterocycles. The van der Waals surface area contributed by atoms with Gasteiger partial charge in [-0.3, -0.25) is 0 Å². The van der Waals surface area contributed by atoms with Gasteiger partial charge in [0, 0.05) is 5.70 Å². The van der Waals surface area contributed by atoms with Gasteiger partial charge in [0.1, 0.15) is 0 Å². The molecule has 0 spiro atoms. The van der Waals surface area contributed by atoms with E-state index in [1.54, 1.807) is 13.8 Å². The summed E-state index contributed by atoms with van der Waals surface area (Å²) >= 11 is 0. The van der Waals surface area contributed by atoms with Crippen molar-refractivity contribution in [3.05, 3.63) is 11.3 Å². The molecule has 72 valence electrons. The first-order valence-corrected chi connectivity index (χ1v) is 4.10. The van der Waals surface area contributed by atoms with Gasteiger partial charge in [-0.2, -0.15) is 0 Å². The molecule has 1 aliphatic heterocycles. The SMILES string of the molecule is CCC1=C(C(=O)O)C(C)NC(=O)N1. The van der Waals surface area contributed by atoms with E-state index < -0.39 is 12.0 Å². The number of carboxylic acids is 1. The number of allylic oxidation sites excluding steroid dienone is 1. The van der Waals surface area contributed by atoms with Crippen molar-refractivity contribution in [2.75, 3.05) is 0 Å². The van der Waals surface area contributed by atoms with Gasteiger partial charge in [-0.05, 0) is 13.3 Å². The van der Waals surface area contributed by atoms with Gasteiger partial charge in [-0.1, -0.05) is 6.92 Å². The quantitative estimate of drug-likeness (QED) is 0.582. The van der Waals surface area contributed by atoms with Gasteiger partial charge in [0.2, 0.25) is 0 Å². The monoisotopic (exact) mass is 184 g/mol. The summed E-state index contributed by atoms with van der Waals surface area (Å²) in [7, 11) is 0. The van der Waals surface area contributed by atoms with Crippen LogP contribution in [0.2, 0.25) is 0 Å². The van der Waals surface area contributed by atoms with Crippen molar-refractivity contribution >= 4 is 12.0 Å². The maximum absolute atomic E-state index is 11.0. The van der Waals surface area contributed by atoms with Crippen molar-refractivity contribution in [1.29, 1.82) is 0 Å². The Morgan fingerprint density at radius 2 is 2.23 bits per heavy atom. The third-order valence-electron chi connectivity index (χ3n) is 1.95. The largest absolute Gasteiger partial charge is 0.478 e. The van der Waals surface area contributed by atoms with Gasteiger partial charge in [-0.15, -0.1) is 0 Å². The summed E-state index contributed by atoms with van der Waals surface area (Å²) in [4.78, 5) is 21.8. The van der Waals surface area contributed by atoms with Crippen molar-refractivity contribution < 1.29 is 14.7 Å². The number of carbonyl (C=O) groups is 2. The Kier molecular flexibility index (Phi) is 2.55. The summed E-state index contributed by atoms with van der Waals surface area (Å²) in [5.41, 5.74) is 0.728. The summed E-state index contributed by atoms with van der Waals surface area (Å²) in [6.45, 7) is 3.45. The van der Waals surface area contributed by atoms with Gasteiger partial charge < -0.3 is 15.7 Å². The van der Waals surface area contributed by atoms with Gasteiger partial charge in [-0.25, -0.2) is 9.59 Å². The number of rotatable bonds is 2. The minimum Gasteiger partial charge on any atom is -0.478 e. The Morgan fingerprint density at radius 1 is 1.62 bits per heavy atom. The van der Waals surface area contributed by atoms with Crippen molar-refractivity contribution in [1.82, 2.24) is 10.6 Å². The van der Waals surface area contributed by atoms with E-state index in [4.69, 9.17) is 5.11 Å². The van der Waals surface area contributed by atoms with E-state index in [0.717, 1.165) is 0 Å². The van der Waals surface area contributed by atoms with Crippen molar-refractivity contribution in [3.8, 4) is 0 Å². The van der Waals surface area contributed by atoms with E-state index in [2.05, 4.69) is 10.6 Å². The molecule has 5 nitrogen and oxygen atoms in total. The summed E-state index contributed by atoms with van der Waals surface area (Å²) in [6, 6.07) is -0.768. The zero-order valence-electron chi connectivity index (χ0n) is 7.55. The predicted molar refractivity (Wildman–Crippen MR) is 46.1 cm³/mol. The molecule has 0 bridgehead atoms. The Morgan fingerprint density at radius 3 is 2.69 bits per heavy atom. The fraction of sp³-hybridized carbons (Fsp3) is 0.500. The summed E-state index contributed by atoms with van der Waals surface area (Å²) < 4.78 is 0. The van der Waals surface area contributed by atoms with Crippen LogP contribution >= 0.6 is 0 Å². The van der Waals surface area contributed by atoms with Crippen LogP contribution in [0.15, 0.2) is 11.3 Å². The van der Waals surface area contributed by atoms with Gasteiger partial charge in [0.25, 0.3) is 0 Å². The minimum atomic E-state index is -0.989. The first-order valence-electron chi connectivity index (χ1n) is 4.10. The third kappa shape index (κ3) is 1.80. The lowest BCUT2D eigenvalue weighted by atomic mass is 10.0. The van der Waals surface area contributed by atoms with Crippen LogP contribution in [0.4, 0.5) is 4.79 Å². The molecule has 0 aromatic rings. The number of carbonyl (C=O) groups excluding carboxylic acids is 1. The van der Waals surface area contributed by atoms with Gasteiger partial charge in [0.15, 0.2) is 0 Å². The molecule has 2 amide bonds. The molecular weight excluding hydrogens is 172 g/mol. The second-order valence-electron chi connectivity index (χ2n) is 2.87. The second kappa shape index (κ2) is 3.47. The lowest BCUT2D eigenvalue weighted by Crippen LogP contribution is -2.48. The summed E-state index contributed by atoms with van der Waals surface area (Å²) in [6.07, 6.45) is 0.513. The molecule has 0 aliphatic carbocycles. The number of carboxylic acid groups (broad SMARTS) is 1. The molecule has 1 heterocycles. The number of aliphatic carboxylic acids is 1. The van der Waals surface area contributed by atoms with Crippen molar-refractivity contribution in [2.45, 2.75) is 26.3 Å². The standard InChI is InChI=1S/C8H12N2O3/c1-3-5-6(7(11)12)4(2)9-8(13)10-5/h4H,3H2,1-2H3,(H,11,12)(H2,9,10,13). The molecule has 1 unspecified atom stereocenters. The van der Waals surface area contributed by atoms with Crippen molar-refractivity contribution in [3.63, 3.8) is 0 Å². The van der Waals surface area contributed by atoms with E-state index in [9.17, 15) is 9.59 Å². The molecule has 1 atom stereocenters. The average Bonchev–Trinajstić information content (AvgIpc) is 2.01. The molecule has 0 aromatic carbocycles. The predicted octanol–water partition coefficient (Wildman–Crippen LogP) is 0.436. The molecular formula is C8H12N2O3. The zero-order valence-corrected chi connectivity index (χ0v) is 7.55. The Hall–Kier alpha value is -1.52. The number of hydrogen-bond acceptors (Lipinski definition) is 2. The Bertz CT molecular complexity index is 283. The van der Waals surface area contributed by atoms with Crippen LogP contribution in [0.1, 0.15) is 20.3 Å². The number of hydrogen-bond donors (Lipinski definition) is 3. The fourth-order valence-corrected chi connectivity index (χ4v) is 1.36. The molecule has 0 radical (unpaired) electrons. The van der Waals surface area contributed by atoms with Crippen molar-refractivity contribution in [2.24, 2.45) is 0 Å². The number of nitrogens with one attached hydrogen (secondary N) is 2. The zero-order chi connectivity index (χ0) is 10.0. The molecule has 0 fully saturated rings. The maximum Gasteiger partial charge on any atom is 0.335 e. The van der Waals surface area contributed by atoms with Crippen LogP contribution in [-0.2, 0) is 4.79 Å². The van der Waals surface area contributed by atoms with Crippen LogP contribution in [-0.4, -0.2) is 23.1 Å². The van der Waals surface area contributed by atoms with E-state index in [1.807, 2.05) is 0 Å². The molecule has 0 saturated carbocycles. The summed E-state index contributed by atoms with van der Waals surface area (Å²) in [5.74, 6) is -0.989. The molecule has 0 saturated heterocycles. The normalized spacial score (nSPS) is 22.3. The highest BCUT2D eigenvalue weighted by Gasteiger charge is 2.27. The molecule has 5 heteroatoms. The van der Waals surface area contributed by atoms with Crippen LogP contribution in [0.25, 0.3) is 0 Å². The average molecular weight is 184 g/mol. The van der Waals surface area contributed by atoms with Gasteiger partial charge >= 0.3 is 12.0 Å². The topological polar surface area (TPSA) is 78.4 Å². The molecule has 1 rings (SSSR count). The lowest BCUT2D eigenvalue weighted by molar-refractivity contribution is -0.133. The van der Waals surface area contributed by atoms with E-state index in [-0.39, 0.29) is 11.6 Å². The third-order valence-corrected chi connectivity index (χ3v) is 1.95. The summed E-state index contributed by atoms with van der Waals surface area (Å²) in [5, 5.41) is 13.8. The van der Waals surface area contributed by atoms with Crippen LogP contribution in [0, 0.1) is 0 Å². The lowest BCUT2D eigenvalue weighted by Gasteiger charge is -2.24. The minimum absolute atomic E-state index is 0.238. The molecule has 1 aliphatic rings. The number of urea groups is 1. The van der Waals surface area contributed by atoms with Crippen LogP contribution in [0.3, 0.4) is 0 Å². The van der Waals surface area contributed by atoms with E-state index in [0.29, 0.717) is 12.1 Å². The fourth-order valence-electron chi connectivity index (χ4n) is 1.36. The van der Waals surface area contributed by atoms with E-state index in [1.165, 1.54) is 0 Å². The Balaban J connectivity index is 3.05. The Labute approximate surface area is 75.8 Å². The highest BCUT2D eigenvalue weighted by molar-refractivity contribution is 5.93. The van der Waals surface area contributed by atoms with Crippen LogP contribution in [0.5, 0.6) is 0 Å². The smallest absolute Gasteiger partial charge is 0.335 e.